The smallest absolute Gasteiger partial charge is 0.216 e. The van der Waals surface area contributed by atoms with Gasteiger partial charge in [-0.2, -0.15) is 11.3 Å². The van der Waals surface area contributed by atoms with Crippen molar-refractivity contribution in [2.75, 3.05) is 0 Å². The van der Waals surface area contributed by atoms with Crippen molar-refractivity contribution < 1.29 is 12.8 Å². The molecule has 0 saturated heterocycles. The van der Waals surface area contributed by atoms with Crippen LogP contribution in [0.4, 0.5) is 4.39 Å². The van der Waals surface area contributed by atoms with Crippen LogP contribution in [0.15, 0.2) is 59.4 Å². The third-order valence-corrected chi connectivity index (χ3v) is 5.39. The Kier molecular flexibility index (Phi) is 5.03. The highest BCUT2D eigenvalue weighted by atomic mass is 32.2. The molecule has 0 unspecified atom stereocenters. The van der Waals surface area contributed by atoms with Gasteiger partial charge in [0.15, 0.2) is 0 Å². The number of pyridine rings is 1. The lowest BCUT2D eigenvalue weighted by Gasteiger charge is -2.10. The van der Waals surface area contributed by atoms with E-state index in [2.05, 4.69) is 9.71 Å². The maximum Gasteiger partial charge on any atom is 0.216 e. The second-order valence-corrected chi connectivity index (χ2v) is 7.82. The van der Waals surface area contributed by atoms with Gasteiger partial charge in [-0.1, -0.05) is 18.2 Å². The molecule has 0 atom stereocenters. The predicted molar refractivity (Wildman–Crippen MR) is 93.4 cm³/mol. The summed E-state index contributed by atoms with van der Waals surface area (Å²) >= 11 is 1.56. The van der Waals surface area contributed by atoms with Crippen LogP contribution in [0.25, 0.3) is 11.3 Å². The zero-order valence-electron chi connectivity index (χ0n) is 12.6. The molecule has 0 saturated carbocycles. The van der Waals surface area contributed by atoms with Crippen LogP contribution in [0, 0.1) is 5.82 Å². The lowest BCUT2D eigenvalue weighted by atomic mass is 10.1. The quantitative estimate of drug-likeness (QED) is 0.729. The summed E-state index contributed by atoms with van der Waals surface area (Å²) in [7, 11) is -3.58. The third-order valence-electron chi connectivity index (χ3n) is 3.41. The summed E-state index contributed by atoms with van der Waals surface area (Å²) in [4.78, 5) is 4.34. The summed E-state index contributed by atoms with van der Waals surface area (Å²) in [6, 6.07) is 11.1. The maximum absolute atomic E-state index is 13.2. The average Bonchev–Trinajstić information content (AvgIpc) is 3.07. The molecule has 7 heteroatoms. The number of hydrogen-bond donors (Lipinski definition) is 1. The van der Waals surface area contributed by atoms with E-state index in [1.165, 1.54) is 18.2 Å². The van der Waals surface area contributed by atoms with Gasteiger partial charge in [-0.3, -0.25) is 4.98 Å². The molecule has 0 amide bonds. The molecular weight excluding hydrogens is 347 g/mol. The van der Waals surface area contributed by atoms with Crippen molar-refractivity contribution in [3.63, 3.8) is 0 Å². The fourth-order valence-electron chi connectivity index (χ4n) is 2.33. The summed E-state index contributed by atoms with van der Waals surface area (Å²) in [5, 5.41) is 3.91. The van der Waals surface area contributed by atoms with E-state index >= 15 is 0 Å². The standard InChI is InChI=1S/C17H15FN2O2S2/c18-16-5-1-3-13(9-16)12-24(21,22)20-10-14-4-2-7-19-17(14)15-6-8-23-11-15/h1-9,11,20H,10,12H2. The fourth-order valence-corrected chi connectivity index (χ4v) is 4.06. The Bertz CT molecular complexity index is 925. The van der Waals surface area contributed by atoms with E-state index in [0.29, 0.717) is 5.56 Å². The van der Waals surface area contributed by atoms with Crippen molar-refractivity contribution in [1.29, 1.82) is 0 Å². The van der Waals surface area contributed by atoms with Crippen molar-refractivity contribution in [3.05, 3.63) is 76.4 Å². The molecule has 0 aliphatic carbocycles. The number of hydrogen-bond acceptors (Lipinski definition) is 4. The number of halogens is 1. The van der Waals surface area contributed by atoms with Gasteiger partial charge in [0.1, 0.15) is 5.82 Å². The molecular formula is C17H15FN2O2S2. The number of nitrogens with one attached hydrogen (secondary N) is 1. The van der Waals surface area contributed by atoms with Crippen LogP contribution in [0.2, 0.25) is 0 Å². The van der Waals surface area contributed by atoms with E-state index < -0.39 is 15.8 Å². The Morgan fingerprint density at radius 1 is 1.17 bits per heavy atom. The molecule has 2 heterocycles. The number of aromatic nitrogens is 1. The normalized spacial score (nSPS) is 11.5. The van der Waals surface area contributed by atoms with Crippen molar-refractivity contribution in [2.24, 2.45) is 0 Å². The Morgan fingerprint density at radius 3 is 2.79 bits per heavy atom. The Balaban J connectivity index is 1.74. The summed E-state index contributed by atoms with van der Waals surface area (Å²) in [6.45, 7) is 0.136. The fraction of sp³-hybridized carbons (Fsp3) is 0.118. The van der Waals surface area contributed by atoms with E-state index in [4.69, 9.17) is 0 Å². The second kappa shape index (κ2) is 7.21. The summed E-state index contributed by atoms with van der Waals surface area (Å²) in [6.07, 6.45) is 1.68. The van der Waals surface area contributed by atoms with Gasteiger partial charge in [0.25, 0.3) is 0 Å². The molecule has 0 fully saturated rings. The van der Waals surface area contributed by atoms with Gasteiger partial charge >= 0.3 is 0 Å². The van der Waals surface area contributed by atoms with Crippen LogP contribution in [-0.2, 0) is 22.3 Å². The number of benzene rings is 1. The molecule has 24 heavy (non-hydrogen) atoms. The van der Waals surface area contributed by atoms with Crippen LogP contribution < -0.4 is 4.72 Å². The van der Waals surface area contributed by atoms with E-state index in [1.54, 1.807) is 29.7 Å². The Hall–Kier alpha value is -2.09. The lowest BCUT2D eigenvalue weighted by Crippen LogP contribution is -2.25. The number of sulfonamides is 1. The van der Waals surface area contributed by atoms with Gasteiger partial charge in [0.05, 0.1) is 11.4 Å². The van der Waals surface area contributed by atoms with Gasteiger partial charge in [0.2, 0.25) is 10.0 Å². The SMILES string of the molecule is O=S(=O)(Cc1cccc(F)c1)NCc1cccnc1-c1ccsc1. The van der Waals surface area contributed by atoms with Gasteiger partial charge in [-0.05, 0) is 40.8 Å². The van der Waals surface area contributed by atoms with Crippen LogP contribution in [0.1, 0.15) is 11.1 Å². The molecule has 0 radical (unpaired) electrons. The molecule has 124 valence electrons. The lowest BCUT2D eigenvalue weighted by molar-refractivity contribution is 0.580. The zero-order valence-corrected chi connectivity index (χ0v) is 14.3. The minimum Gasteiger partial charge on any atom is -0.256 e. The highest BCUT2D eigenvalue weighted by Gasteiger charge is 2.14. The van der Waals surface area contributed by atoms with Crippen LogP contribution in [0.5, 0.6) is 0 Å². The van der Waals surface area contributed by atoms with E-state index in [1.807, 2.05) is 22.9 Å². The summed E-state index contributed by atoms with van der Waals surface area (Å²) in [5.74, 6) is -0.714. The molecule has 1 N–H and O–H groups in total. The highest BCUT2D eigenvalue weighted by molar-refractivity contribution is 7.88. The molecule has 2 aromatic heterocycles. The van der Waals surface area contributed by atoms with Gasteiger partial charge in [0, 0.05) is 23.7 Å². The van der Waals surface area contributed by atoms with Crippen LogP contribution in [-0.4, -0.2) is 13.4 Å². The molecule has 4 nitrogen and oxygen atoms in total. The van der Waals surface area contributed by atoms with E-state index in [0.717, 1.165) is 16.8 Å². The zero-order chi connectivity index (χ0) is 17.0. The van der Waals surface area contributed by atoms with E-state index in [9.17, 15) is 12.8 Å². The van der Waals surface area contributed by atoms with Crippen molar-refractivity contribution in [1.82, 2.24) is 9.71 Å². The van der Waals surface area contributed by atoms with Crippen LogP contribution >= 0.6 is 11.3 Å². The minimum atomic E-state index is -3.58. The number of rotatable bonds is 6. The molecule has 0 bridgehead atoms. The second-order valence-electron chi connectivity index (χ2n) is 5.23. The predicted octanol–water partition coefficient (Wildman–Crippen LogP) is 3.57. The average molecular weight is 362 g/mol. The van der Waals surface area contributed by atoms with E-state index in [-0.39, 0.29) is 12.3 Å². The summed E-state index contributed by atoms with van der Waals surface area (Å²) < 4.78 is 40.2. The number of thiophene rings is 1. The van der Waals surface area contributed by atoms with Crippen molar-refractivity contribution in [3.8, 4) is 11.3 Å². The van der Waals surface area contributed by atoms with Gasteiger partial charge in [-0.15, -0.1) is 0 Å². The first-order chi connectivity index (χ1) is 11.5. The van der Waals surface area contributed by atoms with Crippen molar-refractivity contribution >= 4 is 21.4 Å². The molecule has 0 aliphatic heterocycles. The Morgan fingerprint density at radius 2 is 2.04 bits per heavy atom. The van der Waals surface area contributed by atoms with Gasteiger partial charge in [-0.25, -0.2) is 17.5 Å². The van der Waals surface area contributed by atoms with Gasteiger partial charge < -0.3 is 0 Å². The number of nitrogens with zero attached hydrogens (tertiary/aromatic N) is 1. The summed E-state index contributed by atoms with van der Waals surface area (Å²) in [5.41, 5.74) is 2.91. The largest absolute Gasteiger partial charge is 0.256 e. The molecule has 1 aromatic carbocycles. The minimum absolute atomic E-state index is 0.136. The van der Waals surface area contributed by atoms with Crippen molar-refractivity contribution in [2.45, 2.75) is 12.3 Å². The first-order valence-corrected chi connectivity index (χ1v) is 9.81. The highest BCUT2D eigenvalue weighted by Crippen LogP contribution is 2.23. The molecule has 3 rings (SSSR count). The molecule has 0 aliphatic rings. The van der Waals surface area contributed by atoms with Crippen LogP contribution in [0.3, 0.4) is 0 Å². The topological polar surface area (TPSA) is 59.1 Å². The Labute approximate surface area is 144 Å². The third kappa shape index (κ3) is 4.25. The first kappa shape index (κ1) is 16.8. The monoisotopic (exact) mass is 362 g/mol. The maximum atomic E-state index is 13.2. The molecule has 0 spiro atoms. The first-order valence-electron chi connectivity index (χ1n) is 7.22. The molecule has 3 aromatic rings.